The Bertz CT molecular complexity index is 594. The van der Waals surface area contributed by atoms with Crippen LogP contribution in [0.4, 0.5) is 5.69 Å². The van der Waals surface area contributed by atoms with Gasteiger partial charge in [-0.25, -0.2) is 0 Å². The van der Waals surface area contributed by atoms with Gasteiger partial charge in [-0.3, -0.25) is 9.59 Å². The van der Waals surface area contributed by atoms with Crippen LogP contribution >= 0.6 is 11.8 Å². The maximum Gasteiger partial charge on any atom is 0.237 e. The fourth-order valence-electron chi connectivity index (χ4n) is 2.91. The van der Waals surface area contributed by atoms with Crippen molar-refractivity contribution in [1.29, 1.82) is 0 Å². The quantitative estimate of drug-likeness (QED) is 0.912. The van der Waals surface area contributed by atoms with E-state index in [0.717, 1.165) is 48.0 Å². The fraction of sp³-hybridized carbons (Fsp3) is 0.529. The second-order valence-electron chi connectivity index (χ2n) is 6.32. The third-order valence-electron chi connectivity index (χ3n) is 4.47. The van der Waals surface area contributed by atoms with Gasteiger partial charge in [0.15, 0.2) is 0 Å². The van der Waals surface area contributed by atoms with Gasteiger partial charge in [-0.1, -0.05) is 13.0 Å². The number of anilines is 1. The minimum Gasteiger partial charge on any atom is -0.342 e. The lowest BCUT2D eigenvalue weighted by atomic mass is 9.98. The standard InChI is InChI=1S/C17H22N2O2S/c1-11-5-7-19(8-6-11)16(20)10-13-3-4-15-14(9-13)18-17(21)12(2)22-15/h3-4,9,11-12H,5-8,10H2,1-2H3,(H,18,21). The summed E-state index contributed by atoms with van der Waals surface area (Å²) < 4.78 is 0. The maximum atomic E-state index is 12.4. The molecule has 1 N–H and O–H groups in total. The van der Waals surface area contributed by atoms with Gasteiger partial charge in [0.05, 0.1) is 17.4 Å². The third-order valence-corrected chi connectivity index (χ3v) is 5.64. The van der Waals surface area contributed by atoms with Crippen LogP contribution in [0.25, 0.3) is 0 Å². The molecule has 0 radical (unpaired) electrons. The average Bonchev–Trinajstić information content (AvgIpc) is 2.49. The van der Waals surface area contributed by atoms with Crippen molar-refractivity contribution in [3.8, 4) is 0 Å². The van der Waals surface area contributed by atoms with Gasteiger partial charge in [0.25, 0.3) is 0 Å². The van der Waals surface area contributed by atoms with Gasteiger partial charge in [0.1, 0.15) is 0 Å². The molecule has 1 aromatic rings. The van der Waals surface area contributed by atoms with Gasteiger partial charge < -0.3 is 10.2 Å². The van der Waals surface area contributed by atoms with Crippen LogP contribution in [0.3, 0.4) is 0 Å². The lowest BCUT2D eigenvalue weighted by molar-refractivity contribution is -0.131. The Morgan fingerprint density at radius 1 is 1.32 bits per heavy atom. The zero-order valence-corrected chi connectivity index (χ0v) is 13.9. The van der Waals surface area contributed by atoms with E-state index < -0.39 is 0 Å². The van der Waals surface area contributed by atoms with Gasteiger partial charge in [0.2, 0.25) is 11.8 Å². The smallest absolute Gasteiger partial charge is 0.237 e. The van der Waals surface area contributed by atoms with E-state index in [9.17, 15) is 9.59 Å². The van der Waals surface area contributed by atoms with Gasteiger partial charge in [-0.05, 0) is 43.4 Å². The number of likely N-dealkylation sites (tertiary alicyclic amines) is 1. The summed E-state index contributed by atoms with van der Waals surface area (Å²) in [5, 5.41) is 2.86. The van der Waals surface area contributed by atoms with E-state index in [1.54, 1.807) is 11.8 Å². The number of thioether (sulfide) groups is 1. The van der Waals surface area contributed by atoms with E-state index in [4.69, 9.17) is 0 Å². The molecule has 1 aromatic carbocycles. The van der Waals surface area contributed by atoms with E-state index in [1.807, 2.05) is 30.0 Å². The molecular formula is C17H22N2O2S. The Morgan fingerprint density at radius 2 is 2.05 bits per heavy atom. The van der Waals surface area contributed by atoms with Crippen molar-refractivity contribution in [2.45, 2.75) is 43.3 Å². The molecular weight excluding hydrogens is 296 g/mol. The first-order chi connectivity index (χ1) is 10.5. The molecule has 0 aromatic heterocycles. The lowest BCUT2D eigenvalue weighted by Gasteiger charge is -2.30. The van der Waals surface area contributed by atoms with Gasteiger partial charge in [0, 0.05) is 18.0 Å². The van der Waals surface area contributed by atoms with Crippen LogP contribution in [-0.2, 0) is 16.0 Å². The summed E-state index contributed by atoms with van der Waals surface area (Å²) >= 11 is 1.57. The number of rotatable bonds is 2. The van der Waals surface area contributed by atoms with Gasteiger partial charge >= 0.3 is 0 Å². The second kappa shape index (κ2) is 6.32. The number of piperidine rings is 1. The first-order valence-corrected chi connectivity index (χ1v) is 8.79. The molecule has 0 aliphatic carbocycles. The Morgan fingerprint density at radius 3 is 2.77 bits per heavy atom. The molecule has 1 atom stereocenters. The summed E-state index contributed by atoms with van der Waals surface area (Å²) in [4.78, 5) is 27.2. The molecule has 2 heterocycles. The van der Waals surface area contributed by atoms with Gasteiger partial charge in [-0.15, -0.1) is 11.8 Å². The monoisotopic (exact) mass is 318 g/mol. The van der Waals surface area contributed by atoms with Crippen molar-refractivity contribution < 1.29 is 9.59 Å². The molecule has 3 rings (SSSR count). The van der Waals surface area contributed by atoms with Crippen molar-refractivity contribution >= 4 is 29.3 Å². The van der Waals surface area contributed by atoms with E-state index in [1.165, 1.54) is 0 Å². The first kappa shape index (κ1) is 15.4. The summed E-state index contributed by atoms with van der Waals surface area (Å²) in [7, 11) is 0. The van der Waals surface area contributed by atoms with Gasteiger partial charge in [-0.2, -0.15) is 0 Å². The Hall–Kier alpha value is -1.49. The number of nitrogens with zero attached hydrogens (tertiary/aromatic N) is 1. The van der Waals surface area contributed by atoms with Crippen LogP contribution in [0.2, 0.25) is 0 Å². The second-order valence-corrected chi connectivity index (χ2v) is 7.70. The van der Waals surface area contributed by atoms with Crippen molar-refractivity contribution in [1.82, 2.24) is 4.90 Å². The molecule has 2 aliphatic heterocycles. The van der Waals surface area contributed by atoms with Crippen LogP contribution < -0.4 is 5.32 Å². The number of carbonyl (C=O) groups excluding carboxylic acids is 2. The van der Waals surface area contributed by atoms with E-state index in [0.29, 0.717) is 6.42 Å². The number of hydrogen-bond donors (Lipinski definition) is 1. The normalized spacial score (nSPS) is 22.2. The highest BCUT2D eigenvalue weighted by Crippen LogP contribution is 2.36. The predicted molar refractivity (Wildman–Crippen MR) is 89.1 cm³/mol. The highest BCUT2D eigenvalue weighted by Gasteiger charge is 2.24. The Kier molecular flexibility index (Phi) is 4.43. The SMILES string of the molecule is CC1CCN(C(=O)Cc2ccc3c(c2)NC(=O)C(C)S3)CC1. The molecule has 2 aliphatic rings. The zero-order valence-electron chi connectivity index (χ0n) is 13.1. The number of benzene rings is 1. The van der Waals surface area contributed by atoms with Crippen molar-refractivity contribution in [3.63, 3.8) is 0 Å². The molecule has 4 nitrogen and oxygen atoms in total. The van der Waals surface area contributed by atoms with Crippen LogP contribution in [0.5, 0.6) is 0 Å². The Labute approximate surface area is 135 Å². The Balaban J connectivity index is 1.67. The molecule has 1 fully saturated rings. The van der Waals surface area contributed by atoms with Crippen molar-refractivity contribution in [2.75, 3.05) is 18.4 Å². The zero-order chi connectivity index (χ0) is 15.7. The number of nitrogens with one attached hydrogen (secondary N) is 1. The van der Waals surface area contributed by atoms with Crippen molar-refractivity contribution in [3.05, 3.63) is 23.8 Å². The molecule has 118 valence electrons. The largest absolute Gasteiger partial charge is 0.342 e. The van der Waals surface area contributed by atoms with E-state index >= 15 is 0 Å². The summed E-state index contributed by atoms with van der Waals surface area (Å²) in [5.74, 6) is 0.947. The third kappa shape index (κ3) is 3.29. The maximum absolute atomic E-state index is 12.4. The summed E-state index contributed by atoms with van der Waals surface area (Å²) in [5.41, 5.74) is 1.81. The minimum absolute atomic E-state index is 0.0333. The topological polar surface area (TPSA) is 49.4 Å². The van der Waals surface area contributed by atoms with Crippen LogP contribution in [-0.4, -0.2) is 35.1 Å². The number of amides is 2. The van der Waals surface area contributed by atoms with Crippen LogP contribution in [0, 0.1) is 5.92 Å². The van der Waals surface area contributed by atoms with E-state index in [-0.39, 0.29) is 17.1 Å². The first-order valence-electron chi connectivity index (χ1n) is 7.91. The molecule has 1 unspecified atom stereocenters. The minimum atomic E-state index is -0.0599. The molecule has 1 saturated heterocycles. The lowest BCUT2D eigenvalue weighted by Crippen LogP contribution is -2.38. The number of fused-ring (bicyclic) bond motifs is 1. The van der Waals surface area contributed by atoms with Crippen molar-refractivity contribution in [2.24, 2.45) is 5.92 Å². The number of hydrogen-bond acceptors (Lipinski definition) is 3. The highest BCUT2D eigenvalue weighted by molar-refractivity contribution is 8.00. The predicted octanol–water partition coefficient (Wildman–Crippen LogP) is 2.92. The van der Waals surface area contributed by atoms with Crippen LogP contribution in [0.1, 0.15) is 32.3 Å². The summed E-state index contributed by atoms with van der Waals surface area (Å²) in [6.07, 6.45) is 2.61. The molecule has 0 bridgehead atoms. The summed E-state index contributed by atoms with van der Waals surface area (Å²) in [6.45, 7) is 5.88. The highest BCUT2D eigenvalue weighted by atomic mass is 32.2. The molecule has 5 heteroatoms. The molecule has 22 heavy (non-hydrogen) atoms. The summed E-state index contributed by atoms with van der Waals surface area (Å²) in [6, 6.07) is 5.95. The number of carbonyl (C=O) groups is 2. The average molecular weight is 318 g/mol. The molecule has 0 saturated carbocycles. The van der Waals surface area contributed by atoms with Crippen LogP contribution in [0.15, 0.2) is 23.1 Å². The van der Waals surface area contributed by atoms with E-state index in [2.05, 4.69) is 12.2 Å². The fourth-order valence-corrected chi connectivity index (χ4v) is 3.84. The molecule has 0 spiro atoms. The molecule has 2 amide bonds.